The molecular formula is C20H25NO3. The summed E-state index contributed by atoms with van der Waals surface area (Å²) >= 11 is 0. The average Bonchev–Trinajstić information content (AvgIpc) is 2.61. The van der Waals surface area contributed by atoms with Crippen LogP contribution in [0.1, 0.15) is 24.2 Å². The second-order valence-corrected chi connectivity index (χ2v) is 6.10. The topological polar surface area (TPSA) is 49.8 Å². The predicted octanol–water partition coefficient (Wildman–Crippen LogP) is 3.07. The van der Waals surface area contributed by atoms with Gasteiger partial charge in [-0.05, 0) is 29.7 Å². The van der Waals surface area contributed by atoms with Crippen LogP contribution in [0.2, 0.25) is 0 Å². The van der Waals surface area contributed by atoms with E-state index < -0.39 is 6.10 Å². The van der Waals surface area contributed by atoms with Crippen molar-refractivity contribution in [3.63, 3.8) is 0 Å². The highest BCUT2D eigenvalue weighted by Gasteiger charge is 2.21. The van der Waals surface area contributed by atoms with Crippen LogP contribution in [0.5, 0.6) is 5.75 Å². The first-order chi connectivity index (χ1) is 11.5. The zero-order chi connectivity index (χ0) is 17.5. The first kappa shape index (κ1) is 18.0. The van der Waals surface area contributed by atoms with E-state index in [4.69, 9.17) is 4.74 Å². The third kappa shape index (κ3) is 4.83. The number of benzene rings is 2. The van der Waals surface area contributed by atoms with Gasteiger partial charge in [-0.25, -0.2) is 0 Å². The number of amides is 1. The van der Waals surface area contributed by atoms with E-state index in [0.717, 1.165) is 11.1 Å². The van der Waals surface area contributed by atoms with Crippen LogP contribution in [0, 0.1) is 5.92 Å². The summed E-state index contributed by atoms with van der Waals surface area (Å²) in [5, 5.41) is 10.4. The molecule has 2 aromatic carbocycles. The normalized spacial score (nSPS) is 13.2. The molecule has 0 spiro atoms. The Balaban J connectivity index is 1.94. The third-order valence-corrected chi connectivity index (χ3v) is 4.11. The zero-order valence-corrected chi connectivity index (χ0v) is 14.5. The van der Waals surface area contributed by atoms with Gasteiger partial charge in [-0.3, -0.25) is 4.79 Å². The number of aliphatic hydroxyl groups excluding tert-OH is 1. The highest BCUT2D eigenvalue weighted by atomic mass is 16.5. The summed E-state index contributed by atoms with van der Waals surface area (Å²) in [5.74, 6) is 0.591. The maximum atomic E-state index is 12.5. The van der Waals surface area contributed by atoms with Crippen molar-refractivity contribution in [3.8, 4) is 5.75 Å². The van der Waals surface area contributed by atoms with Gasteiger partial charge in [-0.15, -0.1) is 0 Å². The number of aliphatic hydroxyl groups is 1. The fourth-order valence-corrected chi connectivity index (χ4v) is 2.73. The molecule has 0 bridgehead atoms. The fraction of sp³-hybridized carbons (Fsp3) is 0.350. The van der Waals surface area contributed by atoms with Gasteiger partial charge in [0.15, 0.2) is 0 Å². The van der Waals surface area contributed by atoms with Crippen molar-refractivity contribution in [1.82, 2.24) is 4.90 Å². The summed E-state index contributed by atoms with van der Waals surface area (Å²) in [5.41, 5.74) is 1.88. The molecular weight excluding hydrogens is 302 g/mol. The lowest BCUT2D eigenvalue weighted by molar-refractivity contribution is -0.134. The Morgan fingerprint density at radius 1 is 1.17 bits per heavy atom. The van der Waals surface area contributed by atoms with Crippen LogP contribution in [0.3, 0.4) is 0 Å². The Hall–Kier alpha value is -2.33. The largest absolute Gasteiger partial charge is 0.497 e. The van der Waals surface area contributed by atoms with Gasteiger partial charge in [-0.2, -0.15) is 0 Å². The smallest absolute Gasteiger partial charge is 0.225 e. The summed E-state index contributed by atoms with van der Waals surface area (Å²) in [6.45, 7) is 2.18. The molecule has 0 heterocycles. The van der Waals surface area contributed by atoms with E-state index in [9.17, 15) is 9.90 Å². The van der Waals surface area contributed by atoms with Gasteiger partial charge >= 0.3 is 0 Å². The van der Waals surface area contributed by atoms with Gasteiger partial charge in [0.25, 0.3) is 0 Å². The van der Waals surface area contributed by atoms with E-state index >= 15 is 0 Å². The van der Waals surface area contributed by atoms with Crippen LogP contribution in [-0.4, -0.2) is 36.6 Å². The second kappa shape index (κ2) is 8.50. The molecule has 0 fully saturated rings. The first-order valence-electron chi connectivity index (χ1n) is 8.12. The number of nitrogens with zero attached hydrogens (tertiary/aromatic N) is 1. The summed E-state index contributed by atoms with van der Waals surface area (Å²) < 4.78 is 5.17. The standard InChI is InChI=1S/C20H25NO3/c1-15(12-16-8-5-4-6-9-16)20(23)21(2)14-19(22)17-10-7-11-18(13-17)24-3/h4-11,13,15,19,22H,12,14H2,1-3H3. The number of carbonyl (C=O) groups excluding carboxylic acids is 1. The molecule has 0 aliphatic rings. The van der Waals surface area contributed by atoms with Crippen LogP contribution in [0.15, 0.2) is 54.6 Å². The van der Waals surface area contributed by atoms with Crippen molar-refractivity contribution < 1.29 is 14.6 Å². The van der Waals surface area contributed by atoms with Crippen molar-refractivity contribution in [2.24, 2.45) is 5.92 Å². The molecule has 0 radical (unpaired) electrons. The Labute approximate surface area is 143 Å². The first-order valence-corrected chi connectivity index (χ1v) is 8.12. The molecule has 4 heteroatoms. The summed E-state index contributed by atoms with van der Waals surface area (Å²) in [4.78, 5) is 14.1. The summed E-state index contributed by atoms with van der Waals surface area (Å²) in [7, 11) is 3.32. The van der Waals surface area contributed by atoms with Gasteiger partial charge in [0.1, 0.15) is 5.75 Å². The molecule has 0 saturated heterocycles. The second-order valence-electron chi connectivity index (χ2n) is 6.10. The van der Waals surface area contributed by atoms with Crippen molar-refractivity contribution in [3.05, 3.63) is 65.7 Å². The lowest BCUT2D eigenvalue weighted by Gasteiger charge is -2.24. The molecule has 0 aromatic heterocycles. The number of hydrogen-bond acceptors (Lipinski definition) is 3. The molecule has 0 aliphatic heterocycles. The SMILES string of the molecule is COc1cccc(C(O)CN(C)C(=O)C(C)Cc2ccccc2)c1. The maximum absolute atomic E-state index is 12.5. The lowest BCUT2D eigenvalue weighted by atomic mass is 9.99. The Kier molecular flexibility index (Phi) is 6.38. The van der Waals surface area contributed by atoms with E-state index in [1.165, 1.54) is 0 Å². The molecule has 1 N–H and O–H groups in total. The van der Waals surface area contributed by atoms with E-state index in [0.29, 0.717) is 12.2 Å². The van der Waals surface area contributed by atoms with Crippen molar-refractivity contribution in [2.45, 2.75) is 19.4 Å². The zero-order valence-electron chi connectivity index (χ0n) is 14.5. The number of methoxy groups -OCH3 is 1. The molecule has 4 nitrogen and oxygen atoms in total. The molecule has 2 atom stereocenters. The molecule has 2 rings (SSSR count). The van der Waals surface area contributed by atoms with Gasteiger partial charge in [0, 0.05) is 13.0 Å². The van der Waals surface area contributed by atoms with Gasteiger partial charge in [-0.1, -0.05) is 49.4 Å². The van der Waals surface area contributed by atoms with E-state index in [1.54, 1.807) is 25.1 Å². The van der Waals surface area contributed by atoms with Crippen LogP contribution < -0.4 is 4.74 Å². The molecule has 24 heavy (non-hydrogen) atoms. The highest BCUT2D eigenvalue weighted by Crippen LogP contribution is 2.20. The minimum atomic E-state index is -0.738. The molecule has 1 amide bonds. The minimum absolute atomic E-state index is 0.0285. The fourth-order valence-electron chi connectivity index (χ4n) is 2.73. The number of likely N-dealkylation sites (N-methyl/N-ethyl adjacent to an activating group) is 1. The van der Waals surface area contributed by atoms with E-state index in [-0.39, 0.29) is 18.4 Å². The van der Waals surface area contributed by atoms with Gasteiger partial charge in [0.2, 0.25) is 5.91 Å². The van der Waals surface area contributed by atoms with Gasteiger partial charge < -0.3 is 14.7 Å². The van der Waals surface area contributed by atoms with Crippen LogP contribution >= 0.6 is 0 Å². The Bertz CT molecular complexity index is 657. The molecule has 0 aliphatic carbocycles. The number of ether oxygens (including phenoxy) is 1. The highest BCUT2D eigenvalue weighted by molar-refractivity contribution is 5.78. The van der Waals surface area contributed by atoms with Crippen LogP contribution in [0.4, 0.5) is 0 Å². The Morgan fingerprint density at radius 3 is 2.54 bits per heavy atom. The lowest BCUT2D eigenvalue weighted by Crippen LogP contribution is -2.35. The number of rotatable bonds is 7. The van der Waals surface area contributed by atoms with Crippen molar-refractivity contribution in [2.75, 3.05) is 20.7 Å². The summed E-state index contributed by atoms with van der Waals surface area (Å²) in [6, 6.07) is 17.2. The molecule has 2 aromatic rings. The Morgan fingerprint density at radius 2 is 1.88 bits per heavy atom. The average molecular weight is 327 g/mol. The number of hydrogen-bond donors (Lipinski definition) is 1. The van der Waals surface area contributed by atoms with Gasteiger partial charge in [0.05, 0.1) is 19.8 Å². The molecule has 2 unspecified atom stereocenters. The quantitative estimate of drug-likeness (QED) is 0.850. The number of carbonyl (C=O) groups is 1. The van der Waals surface area contributed by atoms with Crippen LogP contribution in [-0.2, 0) is 11.2 Å². The summed E-state index contributed by atoms with van der Waals surface area (Å²) in [6.07, 6.45) is -0.0443. The monoisotopic (exact) mass is 327 g/mol. The van der Waals surface area contributed by atoms with Crippen molar-refractivity contribution in [1.29, 1.82) is 0 Å². The molecule has 0 saturated carbocycles. The molecule has 128 valence electrons. The van der Waals surface area contributed by atoms with E-state index in [2.05, 4.69) is 0 Å². The van der Waals surface area contributed by atoms with Crippen molar-refractivity contribution >= 4 is 5.91 Å². The van der Waals surface area contributed by atoms with E-state index in [1.807, 2.05) is 55.5 Å². The maximum Gasteiger partial charge on any atom is 0.225 e. The van der Waals surface area contributed by atoms with Crippen LogP contribution in [0.25, 0.3) is 0 Å². The minimum Gasteiger partial charge on any atom is -0.497 e. The third-order valence-electron chi connectivity index (χ3n) is 4.11. The predicted molar refractivity (Wildman–Crippen MR) is 94.9 cm³/mol.